The molecule has 0 aliphatic heterocycles. The molecule has 41 heavy (non-hydrogen) atoms. The monoisotopic (exact) mass is 571 g/mol. The molecule has 3 aliphatic carbocycles. The molecular weight excluding hydrogens is 500 g/mol. The van der Waals surface area contributed by atoms with Crippen LogP contribution in [0.25, 0.3) is 0 Å². The second-order valence-electron chi connectivity index (χ2n) is 15.9. The lowest BCUT2D eigenvalue weighted by Gasteiger charge is -2.51. The molecule has 0 aromatic heterocycles. The van der Waals surface area contributed by atoms with Gasteiger partial charge >= 0.3 is 0 Å². The maximum absolute atomic E-state index is 10.6. The van der Waals surface area contributed by atoms with E-state index >= 15 is 0 Å². The summed E-state index contributed by atoms with van der Waals surface area (Å²) >= 11 is 0. The van der Waals surface area contributed by atoms with E-state index in [2.05, 4.69) is 73.6 Å². The van der Waals surface area contributed by atoms with Gasteiger partial charge in [-0.15, -0.1) is 0 Å². The van der Waals surface area contributed by atoms with Gasteiger partial charge in [0.1, 0.15) is 0 Å². The van der Waals surface area contributed by atoms with Gasteiger partial charge in [-0.1, -0.05) is 118 Å². The number of aliphatic hydroxyl groups excluding tert-OH is 1. The summed E-state index contributed by atoms with van der Waals surface area (Å²) in [6.45, 7) is 19.6. The van der Waals surface area contributed by atoms with Gasteiger partial charge in [-0.25, -0.2) is 0 Å². The largest absolute Gasteiger partial charge is 0.368 e. The van der Waals surface area contributed by atoms with Gasteiger partial charge < -0.3 is 9.84 Å². The van der Waals surface area contributed by atoms with Crippen molar-refractivity contribution in [2.45, 2.75) is 177 Å². The van der Waals surface area contributed by atoms with Gasteiger partial charge in [0, 0.05) is 0 Å². The van der Waals surface area contributed by atoms with E-state index in [-0.39, 0.29) is 6.10 Å². The van der Waals surface area contributed by atoms with E-state index < -0.39 is 6.29 Å². The van der Waals surface area contributed by atoms with Crippen molar-refractivity contribution in [3.8, 4) is 0 Å². The summed E-state index contributed by atoms with van der Waals surface area (Å²) in [4.78, 5) is 0. The Bertz CT molecular complexity index is 808. The number of fused-ring (bicyclic) bond motifs is 3. The molecule has 3 aliphatic rings. The fourth-order valence-corrected chi connectivity index (χ4v) is 9.26. The van der Waals surface area contributed by atoms with E-state index in [4.69, 9.17) is 4.74 Å². The minimum absolute atomic E-state index is 0.198. The molecule has 8 unspecified atom stereocenters. The zero-order valence-electron chi connectivity index (χ0n) is 28.7. The third kappa shape index (κ3) is 9.69. The van der Waals surface area contributed by atoms with Gasteiger partial charge in [0.2, 0.25) is 0 Å². The zero-order valence-corrected chi connectivity index (χ0v) is 28.7. The van der Waals surface area contributed by atoms with Crippen LogP contribution in [-0.2, 0) is 4.74 Å². The van der Waals surface area contributed by atoms with Gasteiger partial charge in [0.05, 0.1) is 6.10 Å². The molecule has 0 amide bonds. The van der Waals surface area contributed by atoms with Crippen molar-refractivity contribution in [2.24, 2.45) is 46.3 Å². The van der Waals surface area contributed by atoms with Crippen molar-refractivity contribution in [3.63, 3.8) is 0 Å². The summed E-state index contributed by atoms with van der Waals surface area (Å²) in [5.74, 6) is 4.49. The van der Waals surface area contributed by atoms with Crippen LogP contribution in [0.1, 0.15) is 165 Å². The summed E-state index contributed by atoms with van der Waals surface area (Å²) in [6.07, 6.45) is 28.5. The quantitative estimate of drug-likeness (QED) is 0.128. The summed E-state index contributed by atoms with van der Waals surface area (Å²) in [5.41, 5.74) is 2.35. The minimum Gasteiger partial charge on any atom is -0.368 e. The van der Waals surface area contributed by atoms with E-state index in [0.29, 0.717) is 22.7 Å². The normalized spacial score (nSPS) is 32.8. The predicted molar refractivity (Wildman–Crippen MR) is 178 cm³/mol. The van der Waals surface area contributed by atoms with Crippen molar-refractivity contribution >= 4 is 0 Å². The van der Waals surface area contributed by atoms with E-state index in [0.717, 1.165) is 49.4 Å². The smallest absolute Gasteiger partial charge is 0.154 e. The van der Waals surface area contributed by atoms with Gasteiger partial charge in [-0.2, -0.15) is 0 Å². The first-order valence-corrected chi connectivity index (χ1v) is 18.2. The van der Waals surface area contributed by atoms with Crippen LogP contribution in [0.15, 0.2) is 23.8 Å². The van der Waals surface area contributed by atoms with E-state index in [1.807, 2.05) is 0 Å². The molecule has 3 rings (SSSR count). The Morgan fingerprint density at radius 3 is 2.37 bits per heavy atom. The molecule has 238 valence electrons. The van der Waals surface area contributed by atoms with Crippen molar-refractivity contribution in [2.75, 3.05) is 0 Å². The lowest BCUT2D eigenvalue weighted by molar-refractivity contribution is -0.150. The van der Waals surface area contributed by atoms with Crippen LogP contribution in [-0.4, -0.2) is 17.5 Å². The molecule has 2 heteroatoms. The first-order valence-electron chi connectivity index (χ1n) is 18.2. The highest BCUT2D eigenvalue weighted by molar-refractivity contribution is 5.23. The molecule has 8 atom stereocenters. The fraction of sp³-hybridized carbons (Fsp3) is 0.897. The number of unbranched alkanes of at least 4 members (excludes halogenated alkanes) is 5. The minimum atomic E-state index is -0.584. The van der Waals surface area contributed by atoms with E-state index in [1.165, 1.54) is 83.5 Å². The van der Waals surface area contributed by atoms with Crippen LogP contribution in [0.5, 0.6) is 0 Å². The van der Waals surface area contributed by atoms with Crippen molar-refractivity contribution < 1.29 is 9.84 Å². The number of allylic oxidation sites excluding steroid dienone is 3. The van der Waals surface area contributed by atoms with Gasteiger partial charge in [-0.05, 0) is 117 Å². The molecule has 1 N–H and O–H groups in total. The first-order chi connectivity index (χ1) is 19.5. The first kappa shape index (κ1) is 34.9. The summed E-state index contributed by atoms with van der Waals surface area (Å²) in [7, 11) is 0. The number of hydrogen-bond acceptors (Lipinski definition) is 2. The second-order valence-corrected chi connectivity index (χ2v) is 15.9. The van der Waals surface area contributed by atoms with Gasteiger partial charge in [0.25, 0.3) is 0 Å². The predicted octanol–water partition coefficient (Wildman–Crippen LogP) is 11.7. The Labute approximate surface area is 256 Å². The second kappa shape index (κ2) is 16.5. The molecule has 2 nitrogen and oxygen atoms in total. The Hall–Kier alpha value is -0.600. The molecule has 0 bridgehead atoms. The molecule has 2 saturated carbocycles. The van der Waals surface area contributed by atoms with Crippen LogP contribution in [0.2, 0.25) is 0 Å². The Morgan fingerprint density at radius 1 is 0.927 bits per heavy atom. The summed E-state index contributed by atoms with van der Waals surface area (Å²) in [6, 6.07) is 0. The zero-order chi connectivity index (χ0) is 30.0. The highest BCUT2D eigenvalue weighted by Crippen LogP contribution is 2.57. The molecule has 0 spiro atoms. The molecule has 0 aromatic carbocycles. The Balaban J connectivity index is 1.59. The fourth-order valence-electron chi connectivity index (χ4n) is 9.26. The van der Waals surface area contributed by atoms with Crippen LogP contribution in [0, 0.1) is 46.3 Å². The van der Waals surface area contributed by atoms with Crippen molar-refractivity contribution in [3.05, 3.63) is 23.8 Å². The lowest BCUT2D eigenvalue weighted by atomic mass is 9.54. The number of aliphatic hydroxyl groups is 1. The van der Waals surface area contributed by atoms with E-state index in [1.54, 1.807) is 5.57 Å². The third-order valence-electron chi connectivity index (χ3n) is 12.2. The van der Waals surface area contributed by atoms with E-state index in [9.17, 15) is 5.11 Å². The lowest BCUT2D eigenvalue weighted by Crippen LogP contribution is -2.43. The molecule has 0 aromatic rings. The average Bonchev–Trinajstić information content (AvgIpc) is 2.98. The van der Waals surface area contributed by atoms with Crippen molar-refractivity contribution in [1.29, 1.82) is 0 Å². The molecule has 0 radical (unpaired) electrons. The topological polar surface area (TPSA) is 29.5 Å². The van der Waals surface area contributed by atoms with Gasteiger partial charge in [-0.3, -0.25) is 0 Å². The summed E-state index contributed by atoms with van der Waals surface area (Å²) < 4.78 is 6.26. The van der Waals surface area contributed by atoms with Gasteiger partial charge in [0.15, 0.2) is 6.29 Å². The number of ether oxygens (including phenoxy) is 1. The Morgan fingerprint density at radius 2 is 1.66 bits per heavy atom. The van der Waals surface area contributed by atoms with Crippen LogP contribution in [0.3, 0.4) is 0 Å². The highest BCUT2D eigenvalue weighted by Gasteiger charge is 2.48. The SMILES string of the molecule is CCCCCCCCC(O)OC1CCC2(C)C(=CCC3CCCC(C(C)/C=C/C(CC)C(C)C)C(C)(C)CCC32)C1. The molecular formula is C39H70O2. The summed E-state index contributed by atoms with van der Waals surface area (Å²) in [5, 5.41) is 10.6. The third-order valence-corrected chi connectivity index (χ3v) is 12.2. The Kier molecular flexibility index (Phi) is 14.0. The molecule has 0 heterocycles. The maximum atomic E-state index is 10.6. The van der Waals surface area contributed by atoms with Crippen LogP contribution in [0.4, 0.5) is 0 Å². The molecule has 0 saturated heterocycles. The molecule has 2 fully saturated rings. The maximum Gasteiger partial charge on any atom is 0.154 e. The average molecular weight is 571 g/mol. The van der Waals surface area contributed by atoms with Crippen LogP contribution < -0.4 is 0 Å². The standard InChI is InChI=1S/C39H70O2/c1-9-11-12-13-14-15-19-37(40)41-34-24-27-39(8)33(28-34)23-22-32-17-16-18-35(38(6,7)26-25-36(32)39)30(5)20-21-31(10-2)29(3)4/h20-21,23,29-32,34-37,40H,9-19,22,24-28H2,1-8H3/b21-20+. The number of rotatable bonds is 14. The van der Waals surface area contributed by atoms with Crippen LogP contribution >= 0.6 is 0 Å². The number of hydrogen-bond donors (Lipinski definition) is 1. The van der Waals surface area contributed by atoms with Crippen molar-refractivity contribution in [1.82, 2.24) is 0 Å². The highest BCUT2D eigenvalue weighted by atomic mass is 16.6.